The largest absolute Gasteiger partial charge is 0.489 e. The number of aromatic nitrogens is 6. The van der Waals surface area contributed by atoms with Crippen molar-refractivity contribution in [3.8, 4) is 17.1 Å². The average molecular weight is 605 g/mol. The van der Waals surface area contributed by atoms with E-state index in [-0.39, 0.29) is 29.7 Å². The number of nitrogens with zero attached hydrogens (tertiary/aromatic N) is 5. The summed E-state index contributed by atoms with van der Waals surface area (Å²) >= 11 is 12.7. The number of imidazole rings is 1. The first-order chi connectivity index (χ1) is 18.8. The zero-order valence-corrected chi connectivity index (χ0v) is 21.9. The van der Waals surface area contributed by atoms with Gasteiger partial charge in [0.15, 0.2) is 5.69 Å². The SMILES string of the molecule is CCCc1nc(C(=O)O)c(C(F)(F)C(F)(F)F)n1Cc1ccc(OCc2c(Cl)ccc(-c3nn[nH]n3)c2Cl)cc1. The molecule has 0 saturated carbocycles. The highest BCUT2D eigenvalue weighted by atomic mass is 35.5. The summed E-state index contributed by atoms with van der Waals surface area (Å²) in [5.41, 5.74) is -1.88. The number of alkyl halides is 5. The fourth-order valence-electron chi connectivity index (χ4n) is 3.89. The summed E-state index contributed by atoms with van der Waals surface area (Å²) in [4.78, 5) is 15.2. The Balaban J connectivity index is 1.60. The highest BCUT2D eigenvalue weighted by Crippen LogP contribution is 2.45. The Labute approximate surface area is 232 Å². The van der Waals surface area contributed by atoms with E-state index in [0.29, 0.717) is 38.5 Å². The van der Waals surface area contributed by atoms with E-state index in [1.54, 1.807) is 19.1 Å². The molecule has 212 valence electrons. The molecule has 0 unspecified atom stereocenters. The van der Waals surface area contributed by atoms with Crippen molar-refractivity contribution >= 4 is 29.2 Å². The molecule has 2 N–H and O–H groups in total. The van der Waals surface area contributed by atoms with Crippen LogP contribution in [0.3, 0.4) is 0 Å². The summed E-state index contributed by atoms with van der Waals surface area (Å²) in [6, 6.07) is 9.02. The number of ether oxygens (including phenoxy) is 1. The van der Waals surface area contributed by atoms with Gasteiger partial charge in [-0.2, -0.15) is 27.2 Å². The van der Waals surface area contributed by atoms with Crippen molar-refractivity contribution < 1.29 is 36.6 Å². The molecule has 0 fully saturated rings. The Kier molecular flexibility index (Phi) is 8.30. The number of rotatable bonds is 10. The maximum atomic E-state index is 14.5. The highest BCUT2D eigenvalue weighted by molar-refractivity contribution is 6.37. The monoisotopic (exact) mass is 604 g/mol. The van der Waals surface area contributed by atoms with Gasteiger partial charge in [0, 0.05) is 29.1 Å². The number of aromatic carboxylic acids is 1. The number of benzene rings is 2. The standard InChI is InChI=1S/C24H19Cl2F5N6O3/c1-2-3-17-32-19(22(38)39)20(23(27,28)24(29,30)31)37(17)10-12-4-6-13(7-5-12)40-11-15-16(25)9-8-14(18(15)26)21-33-35-36-34-21/h4-9H,2-3,10-11H2,1H3,(H,38,39)(H,33,34,35,36). The van der Waals surface area contributed by atoms with Gasteiger partial charge in [-0.05, 0) is 41.5 Å². The van der Waals surface area contributed by atoms with Gasteiger partial charge in [-0.1, -0.05) is 42.3 Å². The van der Waals surface area contributed by atoms with Crippen LogP contribution in [0.2, 0.25) is 10.0 Å². The molecule has 0 aliphatic rings. The van der Waals surface area contributed by atoms with Crippen LogP contribution in [0, 0.1) is 0 Å². The minimum Gasteiger partial charge on any atom is -0.489 e. The summed E-state index contributed by atoms with van der Waals surface area (Å²) in [6.07, 6.45) is -5.71. The number of H-pyrrole nitrogens is 1. The molecular formula is C24H19Cl2F5N6O3. The third-order valence-corrected chi connectivity index (χ3v) is 6.58. The van der Waals surface area contributed by atoms with Crippen molar-refractivity contribution in [1.82, 2.24) is 30.2 Å². The molecule has 0 saturated heterocycles. The lowest BCUT2D eigenvalue weighted by Crippen LogP contribution is -2.37. The number of aryl methyl sites for hydroxylation is 1. The normalized spacial score (nSPS) is 12.1. The highest BCUT2D eigenvalue weighted by Gasteiger charge is 2.62. The molecule has 2 aromatic carbocycles. The van der Waals surface area contributed by atoms with Crippen molar-refractivity contribution in [2.75, 3.05) is 0 Å². The Morgan fingerprint density at radius 1 is 1.10 bits per heavy atom. The van der Waals surface area contributed by atoms with Crippen molar-refractivity contribution in [1.29, 1.82) is 0 Å². The lowest BCUT2D eigenvalue weighted by Gasteiger charge is -2.22. The summed E-state index contributed by atoms with van der Waals surface area (Å²) in [6.45, 7) is 1.10. The Morgan fingerprint density at radius 3 is 2.38 bits per heavy atom. The van der Waals surface area contributed by atoms with Gasteiger partial charge in [0.25, 0.3) is 0 Å². The lowest BCUT2D eigenvalue weighted by atomic mass is 10.1. The van der Waals surface area contributed by atoms with Crippen LogP contribution in [0.4, 0.5) is 22.0 Å². The Hall–Kier alpha value is -3.78. The van der Waals surface area contributed by atoms with Gasteiger partial charge in [0.2, 0.25) is 5.82 Å². The minimum atomic E-state index is -6.03. The zero-order chi connectivity index (χ0) is 29.2. The number of hydrogen-bond acceptors (Lipinski definition) is 6. The number of tetrazole rings is 1. The number of carboxylic acids is 1. The molecule has 2 aromatic heterocycles. The Bertz CT molecular complexity index is 1510. The van der Waals surface area contributed by atoms with E-state index in [0.717, 1.165) is 0 Å². The molecule has 0 atom stereocenters. The van der Waals surface area contributed by atoms with E-state index in [4.69, 9.17) is 27.9 Å². The van der Waals surface area contributed by atoms with Gasteiger partial charge in [0.1, 0.15) is 23.9 Å². The van der Waals surface area contributed by atoms with E-state index in [2.05, 4.69) is 25.6 Å². The fraction of sp³-hybridized carbons (Fsp3) is 0.292. The second kappa shape index (κ2) is 11.4. The van der Waals surface area contributed by atoms with Crippen LogP contribution in [0.1, 0.15) is 46.5 Å². The lowest BCUT2D eigenvalue weighted by molar-refractivity contribution is -0.292. The van der Waals surface area contributed by atoms with Crippen LogP contribution < -0.4 is 4.74 Å². The molecule has 0 amide bonds. The van der Waals surface area contributed by atoms with Gasteiger partial charge in [-0.15, -0.1) is 10.2 Å². The summed E-state index contributed by atoms with van der Waals surface area (Å²) < 4.78 is 75.2. The second-order valence-electron chi connectivity index (χ2n) is 8.49. The smallest absolute Gasteiger partial charge is 0.459 e. The van der Waals surface area contributed by atoms with Crippen molar-refractivity contribution in [2.45, 2.75) is 45.0 Å². The van der Waals surface area contributed by atoms with E-state index in [9.17, 15) is 31.9 Å². The summed E-state index contributed by atoms with van der Waals surface area (Å²) in [5, 5.41) is 23.5. The van der Waals surface area contributed by atoms with Gasteiger partial charge < -0.3 is 14.4 Å². The maximum absolute atomic E-state index is 14.5. The number of nitrogens with one attached hydrogen (secondary N) is 1. The maximum Gasteiger partial charge on any atom is 0.459 e. The van der Waals surface area contributed by atoms with Gasteiger partial charge >= 0.3 is 18.1 Å². The van der Waals surface area contributed by atoms with Crippen LogP contribution in [0.15, 0.2) is 36.4 Å². The van der Waals surface area contributed by atoms with Crippen LogP contribution in [0.5, 0.6) is 5.75 Å². The van der Waals surface area contributed by atoms with Gasteiger partial charge in [-0.3, -0.25) is 0 Å². The molecule has 0 bridgehead atoms. The van der Waals surface area contributed by atoms with E-state index < -0.39 is 36.0 Å². The van der Waals surface area contributed by atoms with Crippen LogP contribution >= 0.6 is 23.2 Å². The zero-order valence-electron chi connectivity index (χ0n) is 20.4. The van der Waals surface area contributed by atoms with Crippen LogP contribution in [-0.2, 0) is 25.5 Å². The predicted molar refractivity (Wildman–Crippen MR) is 133 cm³/mol. The van der Waals surface area contributed by atoms with E-state index >= 15 is 0 Å². The van der Waals surface area contributed by atoms with Gasteiger partial charge in [-0.25, -0.2) is 9.78 Å². The topological polar surface area (TPSA) is 119 Å². The second-order valence-corrected chi connectivity index (χ2v) is 9.28. The minimum absolute atomic E-state index is 0.0140. The first kappa shape index (κ1) is 29.2. The summed E-state index contributed by atoms with van der Waals surface area (Å²) in [7, 11) is 0. The van der Waals surface area contributed by atoms with Crippen LogP contribution in [-0.4, -0.2) is 47.4 Å². The van der Waals surface area contributed by atoms with E-state index in [1.165, 1.54) is 24.3 Å². The number of halogens is 7. The average Bonchev–Trinajstić information content (AvgIpc) is 3.54. The number of hydrogen-bond donors (Lipinski definition) is 2. The predicted octanol–water partition coefficient (Wildman–Crippen LogP) is 6.30. The quantitative estimate of drug-likeness (QED) is 0.204. The summed E-state index contributed by atoms with van der Waals surface area (Å²) in [5.74, 6) is -7.08. The third-order valence-electron chi connectivity index (χ3n) is 5.80. The molecule has 9 nitrogen and oxygen atoms in total. The van der Waals surface area contributed by atoms with E-state index in [1.807, 2.05) is 0 Å². The molecule has 0 spiro atoms. The molecule has 2 heterocycles. The number of carboxylic acid groups (broad SMARTS) is 1. The molecule has 0 radical (unpaired) electrons. The van der Waals surface area contributed by atoms with Crippen molar-refractivity contribution in [2.24, 2.45) is 0 Å². The first-order valence-corrected chi connectivity index (χ1v) is 12.3. The van der Waals surface area contributed by atoms with Gasteiger partial charge in [0.05, 0.1) is 5.02 Å². The van der Waals surface area contributed by atoms with Crippen LogP contribution in [0.25, 0.3) is 11.4 Å². The third kappa shape index (κ3) is 5.72. The van der Waals surface area contributed by atoms with Crippen molar-refractivity contribution in [3.05, 3.63) is 74.8 Å². The number of aromatic amines is 1. The molecule has 0 aliphatic carbocycles. The van der Waals surface area contributed by atoms with Crippen molar-refractivity contribution in [3.63, 3.8) is 0 Å². The molecule has 40 heavy (non-hydrogen) atoms. The molecule has 4 aromatic rings. The molecule has 0 aliphatic heterocycles. The number of carbonyl (C=O) groups is 1. The fourth-order valence-corrected chi connectivity index (χ4v) is 4.46. The first-order valence-electron chi connectivity index (χ1n) is 11.5. The molecule has 16 heteroatoms. The molecular weight excluding hydrogens is 586 g/mol. The Morgan fingerprint density at radius 2 is 1.80 bits per heavy atom. The molecule has 4 rings (SSSR count).